The number of hydrogen-bond acceptors (Lipinski definition) is 8. The Bertz CT molecular complexity index is 594. The van der Waals surface area contributed by atoms with Gasteiger partial charge in [0.25, 0.3) is 0 Å². The van der Waals surface area contributed by atoms with Gasteiger partial charge in [-0.2, -0.15) is 24.4 Å². The van der Waals surface area contributed by atoms with E-state index in [1.54, 1.807) is 13.8 Å². The van der Waals surface area contributed by atoms with Crippen LogP contribution >= 0.6 is 24.4 Å². The van der Waals surface area contributed by atoms with E-state index in [9.17, 15) is 24.3 Å². The number of carboxylic acid groups (broad SMARTS) is 1. The molecule has 0 aromatic carbocycles. The quantitative estimate of drug-likeness (QED) is 0.112. The Morgan fingerprint density at radius 2 is 1.58 bits per heavy atom. The van der Waals surface area contributed by atoms with E-state index in [0.717, 1.165) is 0 Å². The molecule has 0 fully saturated rings. The summed E-state index contributed by atoms with van der Waals surface area (Å²) >= 11 is 5.48. The molecule has 0 aromatic rings. The molecule has 0 bridgehead atoms. The Balaban J connectivity index is 5.29. The first kappa shape index (κ1) is 29.5. The first-order valence-electron chi connectivity index (χ1n) is 10.3. The van der Waals surface area contributed by atoms with Gasteiger partial charge in [0, 0.05) is 5.75 Å². The summed E-state index contributed by atoms with van der Waals surface area (Å²) in [4.78, 5) is 49.2. The summed E-state index contributed by atoms with van der Waals surface area (Å²) in [5.74, 6) is -2.34. The van der Waals surface area contributed by atoms with Crippen molar-refractivity contribution in [2.24, 2.45) is 17.4 Å². The Hall–Kier alpha value is -1.50. The molecule has 0 heterocycles. The number of rotatable bonds is 16. The van der Waals surface area contributed by atoms with Crippen molar-refractivity contribution in [3.63, 3.8) is 0 Å². The minimum atomic E-state index is -1.15. The molecule has 0 aliphatic rings. The van der Waals surface area contributed by atoms with Gasteiger partial charge < -0.3 is 32.5 Å². The fraction of sp³-hybridized carbons (Fsp3) is 0.789. The van der Waals surface area contributed by atoms with Crippen LogP contribution < -0.4 is 27.4 Å². The highest BCUT2D eigenvalue weighted by atomic mass is 32.2. The van der Waals surface area contributed by atoms with Gasteiger partial charge in [-0.3, -0.25) is 14.4 Å². The second-order valence-corrected chi connectivity index (χ2v) is 8.90. The topological polar surface area (TPSA) is 177 Å². The molecule has 4 atom stereocenters. The molecule has 180 valence electrons. The molecule has 0 radical (unpaired) electrons. The van der Waals surface area contributed by atoms with E-state index in [4.69, 9.17) is 11.5 Å². The van der Waals surface area contributed by atoms with E-state index in [1.807, 2.05) is 6.26 Å². The van der Waals surface area contributed by atoms with Crippen LogP contribution in [0.5, 0.6) is 0 Å². The minimum absolute atomic E-state index is 0.123. The number of hydrogen-bond donors (Lipinski definition) is 7. The summed E-state index contributed by atoms with van der Waals surface area (Å²) in [5.41, 5.74) is 11.1. The molecule has 12 heteroatoms. The van der Waals surface area contributed by atoms with Crippen LogP contribution in [0, 0.1) is 5.92 Å². The first-order chi connectivity index (χ1) is 14.6. The highest BCUT2D eigenvalue weighted by Crippen LogP contribution is 2.08. The zero-order valence-electron chi connectivity index (χ0n) is 18.4. The third-order valence-electron chi connectivity index (χ3n) is 4.59. The van der Waals surface area contributed by atoms with Crippen LogP contribution in [-0.4, -0.2) is 77.3 Å². The van der Waals surface area contributed by atoms with E-state index in [0.29, 0.717) is 31.6 Å². The van der Waals surface area contributed by atoms with E-state index >= 15 is 0 Å². The predicted octanol–water partition coefficient (Wildman–Crippen LogP) is -0.679. The second kappa shape index (κ2) is 16.2. The summed E-state index contributed by atoms with van der Waals surface area (Å²) in [6, 6.07) is -3.77. The molecule has 0 spiro atoms. The normalized spacial score (nSPS) is 14.9. The SMILES string of the molecule is CSCCC(NC(=O)C(NC(=O)C(N)CS)C(C)C)C(=O)NC(CCCCN)C(=O)O. The zero-order valence-corrected chi connectivity index (χ0v) is 20.1. The number of carboxylic acids is 1. The standard InChI is InChI=1S/C19H37N5O5S2/c1-11(2)15(24-16(25)12(21)10-30)18(27)22-13(7-9-31-3)17(26)23-14(19(28)29)6-4-5-8-20/h11-15,30H,4-10,20-21H2,1-3H3,(H,22,27)(H,23,26)(H,24,25)(H,28,29). The van der Waals surface area contributed by atoms with Crippen molar-refractivity contribution in [2.45, 2.75) is 63.7 Å². The summed E-state index contributed by atoms with van der Waals surface area (Å²) in [6.45, 7) is 3.95. The van der Waals surface area contributed by atoms with Gasteiger partial charge in [-0.15, -0.1) is 0 Å². The highest BCUT2D eigenvalue weighted by molar-refractivity contribution is 7.98. The monoisotopic (exact) mass is 479 g/mol. The lowest BCUT2D eigenvalue weighted by Crippen LogP contribution is -2.58. The van der Waals surface area contributed by atoms with Crippen LogP contribution in [-0.2, 0) is 19.2 Å². The number of amides is 3. The van der Waals surface area contributed by atoms with Crippen LogP contribution in [0.4, 0.5) is 0 Å². The van der Waals surface area contributed by atoms with Gasteiger partial charge in [0.05, 0.1) is 6.04 Å². The molecule has 0 saturated carbocycles. The number of aliphatic carboxylic acids is 1. The van der Waals surface area contributed by atoms with E-state index in [-0.39, 0.29) is 18.1 Å². The van der Waals surface area contributed by atoms with Crippen molar-refractivity contribution in [1.29, 1.82) is 0 Å². The van der Waals surface area contributed by atoms with Crippen LogP contribution in [0.15, 0.2) is 0 Å². The maximum absolute atomic E-state index is 12.8. The molecule has 31 heavy (non-hydrogen) atoms. The first-order valence-corrected chi connectivity index (χ1v) is 12.3. The Labute approximate surface area is 193 Å². The van der Waals surface area contributed by atoms with Gasteiger partial charge >= 0.3 is 5.97 Å². The van der Waals surface area contributed by atoms with E-state index in [2.05, 4.69) is 28.6 Å². The number of nitrogens with one attached hydrogen (secondary N) is 3. The fourth-order valence-electron chi connectivity index (χ4n) is 2.67. The summed E-state index contributed by atoms with van der Waals surface area (Å²) < 4.78 is 0. The molecule has 4 unspecified atom stereocenters. The van der Waals surface area contributed by atoms with Crippen molar-refractivity contribution in [3.05, 3.63) is 0 Å². The fourth-order valence-corrected chi connectivity index (χ4v) is 3.30. The smallest absolute Gasteiger partial charge is 0.326 e. The molecule has 0 saturated heterocycles. The van der Waals surface area contributed by atoms with Gasteiger partial charge in [-0.05, 0) is 50.2 Å². The van der Waals surface area contributed by atoms with E-state index in [1.165, 1.54) is 11.8 Å². The van der Waals surface area contributed by atoms with Gasteiger partial charge in [0.15, 0.2) is 0 Å². The number of carbonyl (C=O) groups is 4. The number of nitrogens with two attached hydrogens (primary N) is 2. The lowest BCUT2D eigenvalue weighted by atomic mass is 10.0. The van der Waals surface area contributed by atoms with Crippen LogP contribution in [0.3, 0.4) is 0 Å². The van der Waals surface area contributed by atoms with Crippen molar-refractivity contribution >= 4 is 48.1 Å². The van der Waals surface area contributed by atoms with Gasteiger partial charge in [-0.25, -0.2) is 4.79 Å². The third kappa shape index (κ3) is 11.6. The molecule has 3 amide bonds. The molecular weight excluding hydrogens is 442 g/mol. The zero-order chi connectivity index (χ0) is 24.0. The molecule has 0 aliphatic heterocycles. The molecule has 0 rings (SSSR count). The van der Waals surface area contributed by atoms with Crippen molar-refractivity contribution in [1.82, 2.24) is 16.0 Å². The van der Waals surface area contributed by atoms with Crippen LogP contribution in [0.1, 0.15) is 39.5 Å². The lowest BCUT2D eigenvalue weighted by Gasteiger charge is -2.26. The van der Waals surface area contributed by atoms with Gasteiger partial charge in [0.1, 0.15) is 18.1 Å². The van der Waals surface area contributed by atoms with Crippen molar-refractivity contribution in [3.8, 4) is 0 Å². The molecule has 0 aromatic heterocycles. The second-order valence-electron chi connectivity index (χ2n) is 7.55. The molecule has 0 aliphatic carbocycles. The molecule has 8 N–H and O–H groups in total. The van der Waals surface area contributed by atoms with E-state index < -0.39 is 47.9 Å². The molecular formula is C19H37N5O5S2. The van der Waals surface area contributed by atoms with Gasteiger partial charge in [-0.1, -0.05) is 13.8 Å². The van der Waals surface area contributed by atoms with Crippen LogP contribution in [0.2, 0.25) is 0 Å². The third-order valence-corrected chi connectivity index (χ3v) is 5.62. The van der Waals surface area contributed by atoms with Crippen molar-refractivity contribution < 1.29 is 24.3 Å². The average Bonchev–Trinajstić information content (AvgIpc) is 2.72. The average molecular weight is 480 g/mol. The molecule has 10 nitrogen and oxygen atoms in total. The van der Waals surface area contributed by atoms with Gasteiger partial charge in [0.2, 0.25) is 17.7 Å². The maximum Gasteiger partial charge on any atom is 0.326 e. The Kier molecular flexibility index (Phi) is 15.4. The Morgan fingerprint density at radius 3 is 2.06 bits per heavy atom. The predicted molar refractivity (Wildman–Crippen MR) is 126 cm³/mol. The van der Waals surface area contributed by atoms with Crippen LogP contribution in [0.25, 0.3) is 0 Å². The van der Waals surface area contributed by atoms with Crippen molar-refractivity contribution in [2.75, 3.05) is 24.3 Å². The number of thioether (sulfide) groups is 1. The number of thiol groups is 1. The highest BCUT2D eigenvalue weighted by Gasteiger charge is 2.31. The summed E-state index contributed by atoms with van der Waals surface area (Å²) in [7, 11) is 0. The number of carbonyl (C=O) groups excluding carboxylic acids is 3. The Morgan fingerprint density at radius 1 is 0.968 bits per heavy atom. The minimum Gasteiger partial charge on any atom is -0.480 e. The summed E-state index contributed by atoms with van der Waals surface area (Å²) in [6.07, 6.45) is 3.62. The number of unbranched alkanes of at least 4 members (excludes halogenated alkanes) is 1. The lowest BCUT2D eigenvalue weighted by molar-refractivity contribution is -0.142. The summed E-state index contributed by atoms with van der Waals surface area (Å²) in [5, 5.41) is 17.1. The maximum atomic E-state index is 12.8. The largest absolute Gasteiger partial charge is 0.480 e.